The van der Waals surface area contributed by atoms with Gasteiger partial charge in [-0.3, -0.25) is 37.3 Å². The Morgan fingerprint density at radius 3 is 0.830 bits per heavy atom. The fourth-order valence-corrected chi connectivity index (χ4v) is 11.6. The van der Waals surface area contributed by atoms with Crippen molar-refractivity contribution in [3.8, 4) is 0 Å². The lowest BCUT2D eigenvalue weighted by Crippen LogP contribution is -2.30. The monoisotopic (exact) mass is 1290 g/mol. The number of allylic oxidation sites excluding steroid dienone is 4. The Hall–Kier alpha value is -2.46. The van der Waals surface area contributed by atoms with Crippen LogP contribution in [-0.4, -0.2) is 96.7 Å². The highest BCUT2D eigenvalue weighted by Gasteiger charge is 2.30. The van der Waals surface area contributed by atoms with E-state index in [9.17, 15) is 43.2 Å². The van der Waals surface area contributed by atoms with Gasteiger partial charge in [0.2, 0.25) is 0 Å². The summed E-state index contributed by atoms with van der Waals surface area (Å²) in [6.07, 6.45) is 53.7. The normalized spacial score (nSPS) is 14.2. The number of unbranched alkanes of at least 4 members (excludes halogenated alkanes) is 39. The topological polar surface area (TPSA) is 237 Å². The molecule has 0 aromatic rings. The Kier molecular flexibility index (Phi) is 61.5. The summed E-state index contributed by atoms with van der Waals surface area (Å²) in [5, 5.41) is 10.5. The third-order valence-corrected chi connectivity index (χ3v) is 17.4. The van der Waals surface area contributed by atoms with E-state index in [2.05, 4.69) is 52.0 Å². The molecule has 518 valence electrons. The average Bonchev–Trinajstić information content (AvgIpc) is 3.70. The summed E-state index contributed by atoms with van der Waals surface area (Å²) in [6.45, 7) is 4.81. The van der Waals surface area contributed by atoms with E-state index in [1.807, 2.05) is 0 Å². The SMILES string of the molecule is CCCCCC/C=C\C=C/CCCCCCCC(=O)OC[C@H](COP(=O)(O)OC[C@@H](O)COP(=O)(O)OC[C@@H](COC(=O)CCCCCCCCCC)OC(=O)CCCCCCCCCC)OC(=O)CCCCCCCCCCCCCCCCCCC. The molecule has 17 nitrogen and oxygen atoms in total. The molecule has 0 saturated heterocycles. The van der Waals surface area contributed by atoms with Crippen molar-refractivity contribution in [3.05, 3.63) is 24.3 Å². The number of ether oxygens (including phenoxy) is 4. The maximum atomic E-state index is 13.0. The molecule has 0 saturated carbocycles. The highest BCUT2D eigenvalue weighted by atomic mass is 31.2. The van der Waals surface area contributed by atoms with Gasteiger partial charge in [0, 0.05) is 25.7 Å². The maximum Gasteiger partial charge on any atom is 0.472 e. The summed E-state index contributed by atoms with van der Waals surface area (Å²) >= 11 is 0. The second-order valence-electron chi connectivity index (χ2n) is 24.2. The molecule has 0 heterocycles. The second kappa shape index (κ2) is 63.3. The number of esters is 4. The smallest absolute Gasteiger partial charge is 0.462 e. The van der Waals surface area contributed by atoms with Crippen LogP contribution >= 0.6 is 15.6 Å². The number of phosphoric acid groups is 2. The molecule has 0 rings (SSSR count). The summed E-state index contributed by atoms with van der Waals surface area (Å²) in [4.78, 5) is 72.3. The first-order valence-corrected chi connectivity index (χ1v) is 38.6. The minimum atomic E-state index is -4.96. The van der Waals surface area contributed by atoms with Gasteiger partial charge in [-0.15, -0.1) is 0 Å². The summed E-state index contributed by atoms with van der Waals surface area (Å²) in [7, 11) is -9.90. The van der Waals surface area contributed by atoms with Crippen LogP contribution in [0.3, 0.4) is 0 Å². The van der Waals surface area contributed by atoms with Crippen LogP contribution in [0.2, 0.25) is 0 Å². The maximum absolute atomic E-state index is 13.0. The van der Waals surface area contributed by atoms with E-state index in [4.69, 9.17) is 37.0 Å². The van der Waals surface area contributed by atoms with Crippen LogP contribution in [0.1, 0.15) is 336 Å². The van der Waals surface area contributed by atoms with Crippen LogP contribution in [0.5, 0.6) is 0 Å². The number of phosphoric ester groups is 2. The van der Waals surface area contributed by atoms with E-state index >= 15 is 0 Å². The lowest BCUT2D eigenvalue weighted by molar-refractivity contribution is -0.161. The van der Waals surface area contributed by atoms with Gasteiger partial charge in [-0.2, -0.15) is 0 Å². The van der Waals surface area contributed by atoms with Crippen LogP contribution in [0, 0.1) is 0 Å². The molecule has 88 heavy (non-hydrogen) atoms. The van der Waals surface area contributed by atoms with Gasteiger partial charge >= 0.3 is 39.5 Å². The predicted molar refractivity (Wildman–Crippen MR) is 354 cm³/mol. The molecular weight excluding hydrogens is 1160 g/mol. The average molecular weight is 1290 g/mol. The minimum absolute atomic E-state index is 0.102. The quantitative estimate of drug-likeness (QED) is 0.0169. The van der Waals surface area contributed by atoms with Crippen molar-refractivity contribution in [2.75, 3.05) is 39.6 Å². The number of carbonyl (C=O) groups excluding carboxylic acids is 4. The Morgan fingerprint density at radius 1 is 0.318 bits per heavy atom. The number of hydrogen-bond donors (Lipinski definition) is 3. The molecule has 0 amide bonds. The van der Waals surface area contributed by atoms with E-state index < -0.39 is 97.5 Å². The van der Waals surface area contributed by atoms with Crippen molar-refractivity contribution in [3.63, 3.8) is 0 Å². The molecule has 0 aliphatic carbocycles. The molecule has 0 aliphatic rings. The first-order chi connectivity index (χ1) is 42.7. The predicted octanol–water partition coefficient (Wildman–Crippen LogP) is 19.4. The summed E-state index contributed by atoms with van der Waals surface area (Å²) in [5.41, 5.74) is 0. The third-order valence-electron chi connectivity index (χ3n) is 15.5. The standard InChI is InChI=1S/C69H130O17P2/c1-5-9-13-17-21-25-27-29-31-32-34-36-38-40-44-48-52-56-69(74)86-65(60-80-67(72)54-50-46-43-39-37-35-33-30-28-26-22-18-14-10-6-2)62-84-88(77,78)82-58-63(70)57-81-87(75,76)83-61-64(85-68(73)55-51-47-42-24-20-16-12-8-4)59-79-66(71)53-49-45-41-23-19-15-11-7-3/h26,28,30,33,63-65,70H,5-25,27,29,31-32,34-62H2,1-4H3,(H,75,76)(H,77,78)/b28-26-,33-30-/t63-,64+,65+/m0/s1. The van der Waals surface area contributed by atoms with Crippen molar-refractivity contribution in [2.45, 2.75) is 354 Å². The molecule has 5 atom stereocenters. The zero-order chi connectivity index (χ0) is 64.7. The molecular formula is C69H130O17P2. The van der Waals surface area contributed by atoms with E-state index in [-0.39, 0.29) is 25.7 Å². The minimum Gasteiger partial charge on any atom is -0.462 e. The molecule has 3 N–H and O–H groups in total. The Balaban J connectivity index is 5.22. The first-order valence-electron chi connectivity index (χ1n) is 35.6. The second-order valence-corrected chi connectivity index (χ2v) is 27.1. The lowest BCUT2D eigenvalue weighted by atomic mass is 10.0. The van der Waals surface area contributed by atoms with Gasteiger partial charge in [-0.1, -0.05) is 283 Å². The van der Waals surface area contributed by atoms with Crippen molar-refractivity contribution in [1.29, 1.82) is 0 Å². The molecule has 0 aromatic heterocycles. The number of rotatable bonds is 68. The number of hydrogen-bond acceptors (Lipinski definition) is 15. The number of aliphatic hydroxyl groups is 1. The highest BCUT2D eigenvalue weighted by Crippen LogP contribution is 2.45. The molecule has 0 aromatic carbocycles. The van der Waals surface area contributed by atoms with Gasteiger partial charge in [0.15, 0.2) is 12.2 Å². The third kappa shape index (κ3) is 62.4. The van der Waals surface area contributed by atoms with Crippen LogP contribution in [-0.2, 0) is 65.4 Å². The van der Waals surface area contributed by atoms with Crippen molar-refractivity contribution >= 4 is 39.5 Å². The van der Waals surface area contributed by atoms with E-state index in [0.29, 0.717) is 25.7 Å². The fraction of sp³-hybridized carbons (Fsp3) is 0.884. The first kappa shape index (κ1) is 85.5. The van der Waals surface area contributed by atoms with Gasteiger partial charge in [0.05, 0.1) is 26.4 Å². The summed E-state index contributed by atoms with van der Waals surface area (Å²) in [6, 6.07) is 0. The van der Waals surface area contributed by atoms with Crippen molar-refractivity contribution in [2.24, 2.45) is 0 Å². The molecule has 0 spiro atoms. The number of aliphatic hydroxyl groups excluding tert-OH is 1. The van der Waals surface area contributed by atoms with Gasteiger partial charge in [0.25, 0.3) is 0 Å². The molecule has 0 aliphatic heterocycles. The zero-order valence-electron chi connectivity index (χ0n) is 56.2. The fourth-order valence-electron chi connectivity index (χ4n) is 9.98. The van der Waals surface area contributed by atoms with Gasteiger partial charge in [0.1, 0.15) is 19.3 Å². The van der Waals surface area contributed by atoms with Crippen LogP contribution in [0.15, 0.2) is 24.3 Å². The van der Waals surface area contributed by atoms with Crippen LogP contribution < -0.4 is 0 Å². The Labute approximate surface area is 535 Å². The Morgan fingerprint density at radius 2 is 0.545 bits per heavy atom. The van der Waals surface area contributed by atoms with Crippen LogP contribution in [0.25, 0.3) is 0 Å². The van der Waals surface area contributed by atoms with Gasteiger partial charge < -0.3 is 33.8 Å². The van der Waals surface area contributed by atoms with Gasteiger partial charge in [-0.25, -0.2) is 9.13 Å². The largest absolute Gasteiger partial charge is 0.472 e. The molecule has 19 heteroatoms. The molecule has 2 unspecified atom stereocenters. The lowest BCUT2D eigenvalue weighted by Gasteiger charge is -2.21. The van der Waals surface area contributed by atoms with Gasteiger partial charge in [-0.05, 0) is 51.4 Å². The molecule has 0 radical (unpaired) electrons. The summed E-state index contributed by atoms with van der Waals surface area (Å²) in [5.74, 6) is -2.16. The van der Waals surface area contributed by atoms with Crippen molar-refractivity contribution < 1.29 is 80.2 Å². The van der Waals surface area contributed by atoms with E-state index in [1.165, 1.54) is 135 Å². The molecule has 0 bridgehead atoms. The van der Waals surface area contributed by atoms with E-state index in [0.717, 1.165) is 122 Å². The Bertz CT molecular complexity index is 1780. The number of carbonyl (C=O) groups is 4. The van der Waals surface area contributed by atoms with Crippen LogP contribution in [0.4, 0.5) is 0 Å². The highest BCUT2D eigenvalue weighted by molar-refractivity contribution is 7.47. The molecule has 0 fully saturated rings. The van der Waals surface area contributed by atoms with Crippen molar-refractivity contribution in [1.82, 2.24) is 0 Å². The summed E-state index contributed by atoms with van der Waals surface area (Å²) < 4.78 is 68.0. The van der Waals surface area contributed by atoms with E-state index in [1.54, 1.807) is 0 Å². The zero-order valence-corrected chi connectivity index (χ0v) is 58.0.